The highest BCUT2D eigenvalue weighted by Gasteiger charge is 2.28. The zero-order valence-electron chi connectivity index (χ0n) is 16.5. The molecule has 1 aliphatic rings. The van der Waals surface area contributed by atoms with Crippen molar-refractivity contribution >= 4 is 37.5 Å². The number of nitrogens with one attached hydrogen (secondary N) is 1. The first-order valence-electron chi connectivity index (χ1n) is 9.64. The van der Waals surface area contributed by atoms with Crippen LogP contribution in [0, 0.1) is 0 Å². The van der Waals surface area contributed by atoms with Gasteiger partial charge < -0.3 is 9.88 Å². The zero-order valence-corrected chi connectivity index (χ0v) is 18.9. The molecule has 3 aromatic rings. The van der Waals surface area contributed by atoms with Crippen molar-refractivity contribution in [2.45, 2.75) is 24.2 Å². The second-order valence-electron chi connectivity index (χ2n) is 7.20. The molecule has 0 saturated carbocycles. The van der Waals surface area contributed by atoms with Crippen LogP contribution >= 0.6 is 15.9 Å². The third kappa shape index (κ3) is 4.07. The third-order valence-corrected chi connectivity index (χ3v) is 7.48. The van der Waals surface area contributed by atoms with E-state index < -0.39 is 15.9 Å². The molecule has 1 aromatic carbocycles. The normalized spacial score (nSPS) is 15.3. The Kier molecular flexibility index (Phi) is 5.81. The van der Waals surface area contributed by atoms with Gasteiger partial charge in [0.25, 0.3) is 5.91 Å². The summed E-state index contributed by atoms with van der Waals surface area (Å²) in [6.07, 6.45) is 7.69. The number of aryl methyl sites for hydroxylation is 1. The summed E-state index contributed by atoms with van der Waals surface area (Å²) < 4.78 is 31.4. The molecular weight excluding hydrogens is 470 g/mol. The molecule has 1 amide bonds. The number of carbonyl (C=O) groups excluding carboxylic acids is 1. The summed E-state index contributed by atoms with van der Waals surface area (Å²) in [7, 11) is -1.94. The first-order chi connectivity index (χ1) is 14.4. The fourth-order valence-electron chi connectivity index (χ4n) is 3.56. The van der Waals surface area contributed by atoms with Crippen LogP contribution in [0.4, 0.5) is 5.69 Å². The van der Waals surface area contributed by atoms with Crippen molar-refractivity contribution in [3.05, 3.63) is 59.1 Å². The fraction of sp³-hybridized carbons (Fsp3) is 0.300. The van der Waals surface area contributed by atoms with Crippen molar-refractivity contribution in [1.82, 2.24) is 18.7 Å². The quantitative estimate of drug-likeness (QED) is 0.592. The Hall–Kier alpha value is -2.43. The number of benzene rings is 1. The lowest BCUT2D eigenvalue weighted by Gasteiger charge is -2.25. The Morgan fingerprint density at radius 3 is 2.63 bits per heavy atom. The first kappa shape index (κ1) is 20.8. The molecule has 1 fully saturated rings. The minimum absolute atomic E-state index is 0.138. The van der Waals surface area contributed by atoms with Crippen molar-refractivity contribution < 1.29 is 13.2 Å². The topological polar surface area (TPSA) is 89.2 Å². The van der Waals surface area contributed by atoms with Crippen molar-refractivity contribution in [2.75, 3.05) is 18.4 Å². The summed E-state index contributed by atoms with van der Waals surface area (Å²) in [6, 6.07) is 8.71. The molecule has 0 spiro atoms. The molecule has 158 valence electrons. The number of amides is 1. The maximum absolute atomic E-state index is 13.0. The van der Waals surface area contributed by atoms with E-state index in [0.29, 0.717) is 24.5 Å². The zero-order chi connectivity index (χ0) is 21.3. The summed E-state index contributed by atoms with van der Waals surface area (Å²) in [5.41, 5.74) is 1.52. The van der Waals surface area contributed by atoms with Crippen molar-refractivity contribution in [1.29, 1.82) is 0 Å². The Morgan fingerprint density at radius 2 is 1.93 bits per heavy atom. The number of anilines is 1. The standard InChI is InChI=1S/C20H22BrN5O3S/c1-24-14-16(30(28,29)25-9-3-2-4-10-25)13-19(24)20(27)23-17-12-15(21)6-7-18(17)26-11-5-8-22-26/h5-8,11-14H,2-4,9-10H2,1H3,(H,23,27). The van der Waals surface area contributed by atoms with Crippen LogP contribution in [0.5, 0.6) is 0 Å². The minimum Gasteiger partial charge on any atom is -0.345 e. The Labute approximate surface area is 183 Å². The number of nitrogens with zero attached hydrogens (tertiary/aromatic N) is 4. The summed E-state index contributed by atoms with van der Waals surface area (Å²) in [5.74, 6) is -0.399. The summed E-state index contributed by atoms with van der Waals surface area (Å²) in [4.78, 5) is 13.1. The number of hydrogen-bond donors (Lipinski definition) is 1. The summed E-state index contributed by atoms with van der Waals surface area (Å²) >= 11 is 3.42. The van der Waals surface area contributed by atoms with Gasteiger partial charge in [-0.15, -0.1) is 0 Å². The molecule has 0 bridgehead atoms. The summed E-state index contributed by atoms with van der Waals surface area (Å²) in [6.45, 7) is 1.04. The molecule has 8 nitrogen and oxygen atoms in total. The van der Waals surface area contributed by atoms with Gasteiger partial charge >= 0.3 is 0 Å². The van der Waals surface area contributed by atoms with Crippen LogP contribution in [-0.4, -0.2) is 46.1 Å². The predicted octanol–water partition coefficient (Wildman–Crippen LogP) is 3.40. The molecule has 1 saturated heterocycles. The summed E-state index contributed by atoms with van der Waals surface area (Å²) in [5, 5.41) is 7.10. The van der Waals surface area contributed by atoms with E-state index in [1.807, 2.05) is 12.1 Å². The lowest BCUT2D eigenvalue weighted by Crippen LogP contribution is -2.35. The van der Waals surface area contributed by atoms with E-state index in [1.165, 1.54) is 21.1 Å². The molecule has 1 N–H and O–H groups in total. The number of sulfonamides is 1. The predicted molar refractivity (Wildman–Crippen MR) is 117 cm³/mol. The number of piperidine rings is 1. The van der Waals surface area contributed by atoms with Gasteiger partial charge in [-0.1, -0.05) is 22.4 Å². The highest BCUT2D eigenvalue weighted by Crippen LogP contribution is 2.26. The number of aromatic nitrogens is 3. The number of rotatable bonds is 5. The van der Waals surface area contributed by atoms with Gasteiger partial charge in [0.05, 0.1) is 11.4 Å². The van der Waals surface area contributed by atoms with Gasteiger partial charge in [-0.25, -0.2) is 13.1 Å². The van der Waals surface area contributed by atoms with Crippen LogP contribution in [0.25, 0.3) is 5.69 Å². The number of halogens is 1. The van der Waals surface area contributed by atoms with Gasteiger partial charge in [-0.05, 0) is 43.2 Å². The molecule has 2 aromatic heterocycles. The van der Waals surface area contributed by atoms with Gasteiger partial charge in [0.1, 0.15) is 10.6 Å². The average Bonchev–Trinajstić information content (AvgIpc) is 3.39. The van der Waals surface area contributed by atoms with Gasteiger partial charge in [0.2, 0.25) is 10.0 Å². The highest BCUT2D eigenvalue weighted by atomic mass is 79.9. The van der Waals surface area contributed by atoms with Crippen molar-refractivity contribution in [3.63, 3.8) is 0 Å². The van der Waals surface area contributed by atoms with Crippen LogP contribution in [0.2, 0.25) is 0 Å². The minimum atomic E-state index is -3.61. The van der Waals surface area contributed by atoms with Crippen LogP contribution in [-0.2, 0) is 17.1 Å². The molecule has 1 aliphatic heterocycles. The molecule has 30 heavy (non-hydrogen) atoms. The maximum Gasteiger partial charge on any atom is 0.272 e. The Balaban J connectivity index is 1.62. The molecule has 0 atom stereocenters. The number of carbonyl (C=O) groups is 1. The number of hydrogen-bond acceptors (Lipinski definition) is 4. The molecular formula is C20H22BrN5O3S. The lowest BCUT2D eigenvalue weighted by molar-refractivity contribution is 0.101. The largest absolute Gasteiger partial charge is 0.345 e. The van der Waals surface area contributed by atoms with E-state index in [-0.39, 0.29) is 10.6 Å². The molecule has 3 heterocycles. The van der Waals surface area contributed by atoms with Crippen LogP contribution in [0.15, 0.2) is 58.3 Å². The molecule has 0 aliphatic carbocycles. The first-order valence-corrected chi connectivity index (χ1v) is 11.9. The molecule has 10 heteroatoms. The van der Waals surface area contributed by atoms with Gasteiger partial charge in [-0.3, -0.25) is 4.79 Å². The van der Waals surface area contributed by atoms with Gasteiger partial charge in [0, 0.05) is 43.2 Å². The molecule has 0 radical (unpaired) electrons. The second-order valence-corrected chi connectivity index (χ2v) is 10.1. The maximum atomic E-state index is 13.0. The third-order valence-electron chi connectivity index (χ3n) is 5.12. The van der Waals surface area contributed by atoms with Gasteiger partial charge in [-0.2, -0.15) is 9.40 Å². The van der Waals surface area contributed by atoms with Crippen molar-refractivity contribution in [3.8, 4) is 5.69 Å². The Morgan fingerprint density at radius 1 is 1.17 bits per heavy atom. The van der Waals surface area contributed by atoms with Crippen LogP contribution in [0.3, 0.4) is 0 Å². The fourth-order valence-corrected chi connectivity index (χ4v) is 5.51. The lowest BCUT2D eigenvalue weighted by atomic mass is 10.2. The van der Waals surface area contributed by atoms with E-state index in [9.17, 15) is 13.2 Å². The average molecular weight is 492 g/mol. The van der Waals surface area contributed by atoms with Gasteiger partial charge in [0.15, 0.2) is 0 Å². The SMILES string of the molecule is Cn1cc(S(=O)(=O)N2CCCCC2)cc1C(=O)Nc1cc(Br)ccc1-n1cccn1. The highest BCUT2D eigenvalue weighted by molar-refractivity contribution is 9.10. The van der Waals surface area contributed by atoms with E-state index in [0.717, 1.165) is 23.7 Å². The molecule has 0 unspecified atom stereocenters. The van der Waals surface area contributed by atoms with Crippen LogP contribution < -0.4 is 5.32 Å². The monoisotopic (exact) mass is 491 g/mol. The van der Waals surface area contributed by atoms with E-state index >= 15 is 0 Å². The van der Waals surface area contributed by atoms with E-state index in [1.54, 1.807) is 36.3 Å². The smallest absolute Gasteiger partial charge is 0.272 e. The molecule has 4 rings (SSSR count). The van der Waals surface area contributed by atoms with E-state index in [2.05, 4.69) is 26.3 Å². The Bertz CT molecular complexity index is 1170. The van der Waals surface area contributed by atoms with Crippen LogP contribution in [0.1, 0.15) is 29.8 Å². The van der Waals surface area contributed by atoms with Crippen molar-refractivity contribution in [2.24, 2.45) is 7.05 Å². The second kappa shape index (κ2) is 8.37. The van der Waals surface area contributed by atoms with E-state index in [4.69, 9.17) is 0 Å².